The van der Waals surface area contributed by atoms with Gasteiger partial charge in [-0.1, -0.05) is 18.2 Å². The van der Waals surface area contributed by atoms with Crippen LogP contribution in [-0.2, 0) is 10.2 Å². The number of amides is 1. The molecular weight excluding hydrogens is 414 g/mol. The maximum atomic E-state index is 14.3. The lowest BCUT2D eigenvalue weighted by atomic mass is 9.84. The van der Waals surface area contributed by atoms with Crippen LogP contribution in [0, 0.1) is 11.7 Å². The fourth-order valence-corrected chi connectivity index (χ4v) is 5.11. The van der Waals surface area contributed by atoms with Crippen molar-refractivity contribution in [2.24, 2.45) is 5.92 Å². The minimum absolute atomic E-state index is 0.0111. The van der Waals surface area contributed by atoms with E-state index in [4.69, 9.17) is 0 Å². The third kappa shape index (κ3) is 3.45. The van der Waals surface area contributed by atoms with Gasteiger partial charge < -0.3 is 10.2 Å². The maximum Gasteiger partial charge on any atom is 0.411 e. The molecule has 2 atom stereocenters. The van der Waals surface area contributed by atoms with Crippen LogP contribution in [0.15, 0.2) is 30.6 Å². The number of aromatic nitrogens is 3. The van der Waals surface area contributed by atoms with Crippen LogP contribution in [0.5, 0.6) is 0 Å². The van der Waals surface area contributed by atoms with Crippen LogP contribution in [0.3, 0.4) is 0 Å². The highest BCUT2D eigenvalue weighted by molar-refractivity contribution is 5.91. The molecule has 31 heavy (non-hydrogen) atoms. The number of nitrogens with zero attached hydrogens (tertiary/aromatic N) is 4. The van der Waals surface area contributed by atoms with Gasteiger partial charge >= 0.3 is 6.18 Å². The van der Waals surface area contributed by atoms with E-state index < -0.39 is 17.6 Å². The lowest BCUT2D eigenvalue weighted by molar-refractivity contribution is -0.174. The number of hydrogen-bond acceptors (Lipinski definition) is 4. The van der Waals surface area contributed by atoms with Crippen LogP contribution in [-0.4, -0.2) is 50.9 Å². The van der Waals surface area contributed by atoms with Crippen molar-refractivity contribution in [1.82, 2.24) is 19.7 Å². The van der Waals surface area contributed by atoms with Crippen LogP contribution < -0.4 is 5.32 Å². The van der Waals surface area contributed by atoms with Gasteiger partial charge in [0.05, 0.1) is 5.41 Å². The molecule has 1 aromatic carbocycles. The molecule has 166 valence electrons. The van der Waals surface area contributed by atoms with E-state index in [1.54, 1.807) is 23.1 Å². The van der Waals surface area contributed by atoms with Crippen LogP contribution >= 0.6 is 0 Å². The van der Waals surface area contributed by atoms with Crippen LogP contribution in [0.1, 0.15) is 43.7 Å². The third-order valence-corrected chi connectivity index (χ3v) is 6.98. The smallest absolute Gasteiger partial charge is 0.351 e. The summed E-state index contributed by atoms with van der Waals surface area (Å²) in [5.41, 5.74) is -0.331. The monoisotopic (exact) mass is 437 g/mol. The number of hydrogen-bond donors (Lipinski definition) is 1. The van der Waals surface area contributed by atoms with Gasteiger partial charge in [-0.2, -0.15) is 23.3 Å². The van der Waals surface area contributed by atoms with Crippen LogP contribution in [0.4, 0.5) is 23.5 Å². The Hall–Kier alpha value is -2.65. The molecule has 1 saturated carbocycles. The summed E-state index contributed by atoms with van der Waals surface area (Å²) in [6.07, 6.45) is -0.956. The number of carbonyl (C=O) groups excluding carboxylic acids is 1. The first-order chi connectivity index (χ1) is 14.8. The van der Waals surface area contributed by atoms with Crippen molar-refractivity contribution in [3.8, 4) is 0 Å². The zero-order chi connectivity index (χ0) is 21.8. The maximum absolute atomic E-state index is 14.3. The van der Waals surface area contributed by atoms with E-state index in [1.807, 2.05) is 0 Å². The molecule has 1 N–H and O–H groups in total. The summed E-state index contributed by atoms with van der Waals surface area (Å²) < 4.78 is 55.8. The Balaban J connectivity index is 1.26. The van der Waals surface area contributed by atoms with Gasteiger partial charge in [-0.3, -0.25) is 4.79 Å². The van der Waals surface area contributed by atoms with Gasteiger partial charge in [0, 0.05) is 24.7 Å². The quantitative estimate of drug-likeness (QED) is 0.745. The molecule has 3 heterocycles. The highest BCUT2D eigenvalue weighted by Crippen LogP contribution is 2.51. The summed E-state index contributed by atoms with van der Waals surface area (Å²) in [6, 6.07) is 4.31. The molecule has 5 rings (SSSR count). The van der Waals surface area contributed by atoms with Gasteiger partial charge in [0.1, 0.15) is 12.1 Å². The molecule has 2 aromatic rings. The Labute approximate surface area is 176 Å². The molecule has 0 unspecified atom stereocenters. The second-order valence-corrected chi connectivity index (χ2v) is 8.76. The number of nitrogens with one attached hydrogen (secondary N) is 1. The van der Waals surface area contributed by atoms with Gasteiger partial charge in [-0.25, -0.2) is 9.07 Å². The van der Waals surface area contributed by atoms with E-state index in [9.17, 15) is 22.4 Å². The lowest BCUT2D eigenvalue weighted by Gasteiger charge is -2.41. The van der Waals surface area contributed by atoms with Crippen molar-refractivity contribution in [3.05, 3.63) is 42.0 Å². The molecule has 0 spiro atoms. The largest absolute Gasteiger partial charge is 0.411 e. The summed E-state index contributed by atoms with van der Waals surface area (Å²) in [4.78, 5) is 18.9. The van der Waals surface area contributed by atoms with E-state index in [2.05, 4.69) is 15.4 Å². The van der Waals surface area contributed by atoms with Gasteiger partial charge in [-0.05, 0) is 44.1 Å². The predicted molar refractivity (Wildman–Crippen MR) is 104 cm³/mol. The van der Waals surface area contributed by atoms with Crippen molar-refractivity contribution >= 4 is 11.9 Å². The Morgan fingerprint density at radius 2 is 1.87 bits per heavy atom. The second-order valence-electron chi connectivity index (χ2n) is 8.76. The molecule has 1 aliphatic carbocycles. The molecular formula is C21H23F4N5O. The first kappa shape index (κ1) is 20.3. The van der Waals surface area contributed by atoms with Crippen LogP contribution in [0.2, 0.25) is 0 Å². The standard InChI is InChI=1S/C21H23F4N5O/c22-15-4-2-1-3-14(15)20(7-8-20)18(31)29-9-5-13(6-10-29)16-11-17(21(23,24)25)30-19(28-16)26-12-27-30/h1-4,12-13,16-17H,5-11H2,(H,26,27,28)/t16-,17+/m0/s1. The molecule has 3 aliphatic rings. The molecule has 0 bridgehead atoms. The normalized spacial score (nSPS) is 25.6. The number of rotatable bonds is 3. The third-order valence-electron chi connectivity index (χ3n) is 6.98. The molecule has 1 amide bonds. The number of alkyl halides is 3. The Morgan fingerprint density at radius 1 is 1.16 bits per heavy atom. The fraction of sp³-hybridized carbons (Fsp3) is 0.571. The molecule has 2 aliphatic heterocycles. The zero-order valence-electron chi connectivity index (χ0n) is 16.8. The molecule has 0 radical (unpaired) electrons. The van der Waals surface area contributed by atoms with Gasteiger partial charge in [0.2, 0.25) is 11.9 Å². The fourth-order valence-electron chi connectivity index (χ4n) is 5.11. The highest BCUT2D eigenvalue weighted by Gasteiger charge is 2.55. The number of likely N-dealkylation sites (tertiary alicyclic amines) is 1. The summed E-state index contributed by atoms with van der Waals surface area (Å²) in [5.74, 6) is -0.311. The van der Waals surface area contributed by atoms with Gasteiger partial charge in [0.15, 0.2) is 6.04 Å². The Morgan fingerprint density at radius 3 is 2.52 bits per heavy atom. The average Bonchev–Trinajstić information content (AvgIpc) is 3.42. The summed E-state index contributed by atoms with van der Waals surface area (Å²) in [5, 5.41) is 6.83. The zero-order valence-corrected chi connectivity index (χ0v) is 16.8. The number of halogens is 4. The SMILES string of the molecule is O=C(N1CCC([C@@H]2C[C@H](C(F)(F)F)n3ncnc3N2)CC1)C1(c2ccccc2F)CC1. The first-order valence-electron chi connectivity index (χ1n) is 10.6. The number of carbonyl (C=O) groups is 1. The van der Waals surface area contributed by atoms with E-state index in [0.29, 0.717) is 44.3 Å². The number of piperidine rings is 1. The molecule has 10 heteroatoms. The predicted octanol–water partition coefficient (Wildman–Crippen LogP) is 3.68. The van der Waals surface area contributed by atoms with Gasteiger partial charge in [0.25, 0.3) is 0 Å². The summed E-state index contributed by atoms with van der Waals surface area (Å²) in [7, 11) is 0. The molecule has 1 aromatic heterocycles. The van der Waals surface area contributed by atoms with Crippen molar-refractivity contribution in [3.63, 3.8) is 0 Å². The summed E-state index contributed by atoms with van der Waals surface area (Å²) >= 11 is 0. The molecule has 6 nitrogen and oxygen atoms in total. The van der Waals surface area contributed by atoms with E-state index in [0.717, 1.165) is 11.0 Å². The van der Waals surface area contributed by atoms with E-state index in [1.165, 1.54) is 6.07 Å². The minimum atomic E-state index is -4.41. The topological polar surface area (TPSA) is 63.1 Å². The number of benzene rings is 1. The molecule has 1 saturated heterocycles. The first-order valence-corrected chi connectivity index (χ1v) is 10.6. The van der Waals surface area contributed by atoms with E-state index in [-0.39, 0.29) is 36.1 Å². The number of fused-ring (bicyclic) bond motifs is 1. The highest BCUT2D eigenvalue weighted by atomic mass is 19.4. The number of anilines is 1. The lowest BCUT2D eigenvalue weighted by Crippen LogP contribution is -2.49. The van der Waals surface area contributed by atoms with Crippen LogP contribution in [0.25, 0.3) is 0 Å². The Kier molecular flexibility index (Phi) is 4.71. The summed E-state index contributed by atoms with van der Waals surface area (Å²) in [6.45, 7) is 0.919. The van der Waals surface area contributed by atoms with Crippen molar-refractivity contribution in [2.75, 3.05) is 18.4 Å². The van der Waals surface area contributed by atoms with Crippen molar-refractivity contribution in [2.45, 2.75) is 55.8 Å². The van der Waals surface area contributed by atoms with Gasteiger partial charge in [-0.15, -0.1) is 0 Å². The minimum Gasteiger partial charge on any atom is -0.351 e. The molecule has 2 fully saturated rings. The van der Waals surface area contributed by atoms with Crippen molar-refractivity contribution in [1.29, 1.82) is 0 Å². The second kappa shape index (κ2) is 7.20. The van der Waals surface area contributed by atoms with Crippen molar-refractivity contribution < 1.29 is 22.4 Å². The van der Waals surface area contributed by atoms with E-state index >= 15 is 0 Å². The average molecular weight is 437 g/mol. The Bertz CT molecular complexity index is 978.